The lowest BCUT2D eigenvalue weighted by Crippen LogP contribution is -2.29. The number of halogens is 4. The van der Waals surface area contributed by atoms with Crippen molar-refractivity contribution in [2.24, 2.45) is 4.99 Å². The first-order chi connectivity index (χ1) is 14.2. The van der Waals surface area contributed by atoms with E-state index in [-0.39, 0.29) is 5.82 Å². The van der Waals surface area contributed by atoms with Gasteiger partial charge in [0.25, 0.3) is 5.09 Å². The summed E-state index contributed by atoms with van der Waals surface area (Å²) in [5.41, 5.74) is 1.12. The lowest BCUT2D eigenvalue weighted by atomic mass is 10.1. The molecule has 2 aromatic carbocycles. The maximum atomic E-state index is 13.1. The molecule has 0 saturated heterocycles. The predicted octanol–water partition coefficient (Wildman–Crippen LogP) is 5.88. The highest BCUT2D eigenvalue weighted by Gasteiger charge is 2.18. The van der Waals surface area contributed by atoms with Gasteiger partial charge < -0.3 is 10.1 Å². The summed E-state index contributed by atoms with van der Waals surface area (Å²) in [7, 11) is 0. The van der Waals surface area contributed by atoms with E-state index in [1.807, 2.05) is 24.5 Å². The molecule has 0 spiro atoms. The van der Waals surface area contributed by atoms with E-state index < -0.39 is 5.09 Å². The fraction of sp³-hybridized carbons (Fsp3) is 0.316. The molecular weight excluding hydrogens is 476 g/mol. The molecule has 1 N–H and O–H groups in total. The molecule has 6 nitrogen and oxygen atoms in total. The largest absolute Gasteiger partial charge is 0.360 e. The molecule has 0 amide bonds. The Morgan fingerprint density at radius 3 is 2.43 bits per heavy atom. The van der Waals surface area contributed by atoms with E-state index in [4.69, 9.17) is 50.1 Å². The minimum absolute atomic E-state index is 0.212. The van der Waals surface area contributed by atoms with Crippen molar-refractivity contribution in [3.63, 3.8) is 0 Å². The molecule has 30 heavy (non-hydrogen) atoms. The van der Waals surface area contributed by atoms with Crippen molar-refractivity contribution in [2.45, 2.75) is 23.0 Å². The van der Waals surface area contributed by atoms with Crippen molar-refractivity contribution >= 4 is 52.9 Å². The zero-order chi connectivity index (χ0) is 22.1. The average molecular weight is 495 g/mol. The number of rotatable bonds is 7. The molecule has 1 atom stereocenters. The van der Waals surface area contributed by atoms with Crippen LogP contribution in [0.25, 0.3) is 0 Å². The third-order valence-corrected chi connectivity index (χ3v) is 6.59. The van der Waals surface area contributed by atoms with Crippen molar-refractivity contribution < 1.29 is 14.7 Å². The van der Waals surface area contributed by atoms with E-state index >= 15 is 0 Å². The second-order valence-electron chi connectivity index (χ2n) is 6.36. The number of aryl methyl sites for hydroxylation is 1. The Hall–Kier alpha value is -1.74. The second-order valence-corrected chi connectivity index (χ2v) is 8.92. The maximum Gasteiger partial charge on any atom is 0.291 e. The molecule has 0 fully saturated rings. The molecule has 1 aliphatic rings. The molecule has 3 rings (SSSR count). The summed E-state index contributed by atoms with van der Waals surface area (Å²) in [5, 5.41) is 15.5. The number of hydrogen-bond donors (Lipinski definition) is 1. The van der Waals surface area contributed by atoms with Crippen LogP contribution in [0.1, 0.15) is 12.0 Å². The summed E-state index contributed by atoms with van der Waals surface area (Å²) in [6, 6.07) is 10.2. The first-order valence-corrected chi connectivity index (χ1v) is 10.9. The van der Waals surface area contributed by atoms with E-state index in [1.54, 1.807) is 17.8 Å². The highest BCUT2D eigenvalue weighted by molar-refractivity contribution is 8.00. The van der Waals surface area contributed by atoms with Gasteiger partial charge in [0.05, 0.1) is 28.0 Å². The van der Waals surface area contributed by atoms with Crippen molar-refractivity contribution in [2.75, 3.05) is 19.6 Å². The van der Waals surface area contributed by atoms with Gasteiger partial charge in [-0.25, -0.2) is 4.39 Å². The normalized spacial score (nSPS) is 13.7. The molecule has 0 radical (unpaired) electrons. The minimum Gasteiger partial charge on any atom is -0.360 e. The van der Waals surface area contributed by atoms with Gasteiger partial charge in [-0.3, -0.25) is 4.99 Å². The predicted molar refractivity (Wildman–Crippen MR) is 120 cm³/mol. The molecule has 0 bridgehead atoms. The van der Waals surface area contributed by atoms with Gasteiger partial charge >= 0.3 is 0 Å². The van der Waals surface area contributed by atoms with E-state index in [9.17, 15) is 4.39 Å². The summed E-state index contributed by atoms with van der Waals surface area (Å²) in [4.78, 5) is 15.8. The summed E-state index contributed by atoms with van der Waals surface area (Å²) < 4.78 is 13.1. The fourth-order valence-corrected chi connectivity index (χ4v) is 4.72. The van der Waals surface area contributed by atoms with Crippen LogP contribution in [0.15, 0.2) is 46.3 Å². The Bertz CT molecular complexity index is 883. The van der Waals surface area contributed by atoms with Crippen LogP contribution in [0.4, 0.5) is 4.39 Å². The van der Waals surface area contributed by atoms with Crippen molar-refractivity contribution in [3.8, 4) is 0 Å². The molecule has 1 aliphatic heterocycles. The van der Waals surface area contributed by atoms with Gasteiger partial charge in [-0.2, -0.15) is 0 Å². The van der Waals surface area contributed by atoms with Crippen LogP contribution in [0, 0.1) is 15.9 Å². The minimum atomic E-state index is -1.50. The number of aliphatic imine (C=N–C) groups is 1. The van der Waals surface area contributed by atoms with Gasteiger partial charge in [-0.1, -0.05) is 46.9 Å². The molecule has 0 aromatic heterocycles. The molecule has 2 aromatic rings. The zero-order valence-corrected chi connectivity index (χ0v) is 18.8. The van der Waals surface area contributed by atoms with Gasteiger partial charge in [0.1, 0.15) is 5.82 Å². The molecule has 1 unspecified atom stereocenters. The van der Waals surface area contributed by atoms with Crippen LogP contribution in [-0.4, -0.2) is 46.4 Å². The Kier molecular flexibility index (Phi) is 9.97. The molecule has 1 heterocycles. The summed E-state index contributed by atoms with van der Waals surface area (Å²) in [6.45, 7) is 2.64. The third kappa shape index (κ3) is 8.55. The number of thioether (sulfide) groups is 1. The van der Waals surface area contributed by atoms with Crippen LogP contribution >= 0.6 is 46.6 Å². The standard InChI is InChI=1S/C19H18Cl3FN2S.HNO3/c20-16-9-18(22)19(10-17(16)21)26-15(11-25-8-7-24-12-25)6-3-13-1-4-14(23)5-2-13;2-1(3)4/h1-2,4-5,9-10,12,15H,3,6-8,11H2;(H,2,3,4). The van der Waals surface area contributed by atoms with Crippen LogP contribution in [0.2, 0.25) is 15.1 Å². The van der Waals surface area contributed by atoms with Crippen LogP contribution < -0.4 is 0 Å². The van der Waals surface area contributed by atoms with Crippen LogP contribution in [0.5, 0.6) is 0 Å². The summed E-state index contributed by atoms with van der Waals surface area (Å²) in [5.74, 6) is -0.212. The van der Waals surface area contributed by atoms with Gasteiger partial charge in [-0.15, -0.1) is 21.9 Å². The van der Waals surface area contributed by atoms with E-state index in [0.29, 0.717) is 20.3 Å². The second kappa shape index (κ2) is 12.2. The quantitative estimate of drug-likeness (QED) is 0.225. The topological polar surface area (TPSA) is 79.0 Å². The van der Waals surface area contributed by atoms with Crippen molar-refractivity contribution in [1.82, 2.24) is 4.90 Å². The number of benzene rings is 2. The Morgan fingerprint density at radius 1 is 1.20 bits per heavy atom. The van der Waals surface area contributed by atoms with E-state index in [1.165, 1.54) is 12.1 Å². The highest BCUT2D eigenvalue weighted by atomic mass is 35.5. The van der Waals surface area contributed by atoms with E-state index in [2.05, 4.69) is 9.89 Å². The molecule has 0 saturated carbocycles. The zero-order valence-electron chi connectivity index (χ0n) is 15.7. The maximum absolute atomic E-state index is 13.1. The molecule has 0 aliphatic carbocycles. The monoisotopic (exact) mass is 493 g/mol. The van der Waals surface area contributed by atoms with Crippen LogP contribution in [0.3, 0.4) is 0 Å². The van der Waals surface area contributed by atoms with Crippen LogP contribution in [-0.2, 0) is 6.42 Å². The van der Waals surface area contributed by atoms with E-state index in [0.717, 1.165) is 42.9 Å². The molecular formula is C19H19Cl3FN3O3S. The molecule has 11 heteroatoms. The highest BCUT2D eigenvalue weighted by Crippen LogP contribution is 2.38. The summed E-state index contributed by atoms with van der Waals surface area (Å²) in [6.07, 6.45) is 3.70. The van der Waals surface area contributed by atoms with Crippen molar-refractivity contribution in [3.05, 3.63) is 73.0 Å². The number of nitrogens with zero attached hydrogens (tertiary/aromatic N) is 3. The third-order valence-electron chi connectivity index (χ3n) is 4.14. The fourth-order valence-electron chi connectivity index (χ4n) is 2.76. The number of hydrogen-bond acceptors (Lipinski definition) is 5. The first kappa shape index (κ1) is 24.5. The lowest BCUT2D eigenvalue weighted by molar-refractivity contribution is -0.742. The smallest absolute Gasteiger partial charge is 0.291 e. The summed E-state index contributed by atoms with van der Waals surface area (Å²) >= 11 is 20.2. The Balaban J connectivity index is 0.000000735. The Morgan fingerprint density at radius 2 is 1.83 bits per heavy atom. The lowest BCUT2D eigenvalue weighted by Gasteiger charge is -2.23. The van der Waals surface area contributed by atoms with Gasteiger partial charge in [0, 0.05) is 23.2 Å². The van der Waals surface area contributed by atoms with Gasteiger partial charge in [-0.05, 0) is 42.7 Å². The van der Waals surface area contributed by atoms with Crippen molar-refractivity contribution in [1.29, 1.82) is 0 Å². The average Bonchev–Trinajstić information content (AvgIpc) is 3.18. The SMILES string of the molecule is Fc1ccc(CCC(CN2C=NCC2)Sc2cc(Cl)c(Cl)cc2Cl)cc1.O=[N+]([O-])O. The first-order valence-electron chi connectivity index (χ1n) is 8.87. The molecule has 162 valence electrons. The Labute approximate surface area is 192 Å². The van der Waals surface area contributed by atoms with Gasteiger partial charge in [0.15, 0.2) is 0 Å². The van der Waals surface area contributed by atoms with Gasteiger partial charge in [0.2, 0.25) is 0 Å².